The van der Waals surface area contributed by atoms with Crippen LogP contribution in [0.3, 0.4) is 0 Å². The SMILES string of the molecule is Cc1cc(F)cc2nc(N(C)C(=O)CC3(C(F)(F)F)CC3)n(C3(C)CCC3)c12. The lowest BCUT2D eigenvalue weighted by atomic mass is 9.78. The van der Waals surface area contributed by atoms with E-state index in [9.17, 15) is 22.4 Å². The van der Waals surface area contributed by atoms with Crippen molar-refractivity contribution < 1.29 is 22.4 Å². The number of halogens is 4. The molecule has 28 heavy (non-hydrogen) atoms. The second-order valence-electron chi connectivity index (χ2n) is 8.60. The fourth-order valence-electron chi connectivity index (χ4n) is 4.23. The maximum absolute atomic E-state index is 13.9. The molecule has 2 aliphatic carbocycles. The third-order valence-electron chi connectivity index (χ3n) is 6.48. The van der Waals surface area contributed by atoms with Crippen molar-refractivity contribution in [3.8, 4) is 0 Å². The molecule has 2 fully saturated rings. The van der Waals surface area contributed by atoms with E-state index in [-0.39, 0.29) is 24.3 Å². The molecule has 0 saturated heterocycles. The van der Waals surface area contributed by atoms with E-state index in [1.54, 1.807) is 6.92 Å². The van der Waals surface area contributed by atoms with E-state index in [1.165, 1.54) is 24.1 Å². The summed E-state index contributed by atoms with van der Waals surface area (Å²) in [6.07, 6.45) is -2.25. The largest absolute Gasteiger partial charge is 0.395 e. The monoisotopic (exact) mass is 397 g/mol. The van der Waals surface area contributed by atoms with Gasteiger partial charge in [-0.3, -0.25) is 9.69 Å². The zero-order valence-corrected chi connectivity index (χ0v) is 16.2. The van der Waals surface area contributed by atoms with Crippen LogP contribution in [-0.2, 0) is 10.3 Å². The highest BCUT2D eigenvalue weighted by Crippen LogP contribution is 2.60. The van der Waals surface area contributed by atoms with Gasteiger partial charge in [-0.25, -0.2) is 9.37 Å². The van der Waals surface area contributed by atoms with Gasteiger partial charge in [-0.05, 0) is 57.6 Å². The summed E-state index contributed by atoms with van der Waals surface area (Å²) in [5.74, 6) is -0.760. The summed E-state index contributed by atoms with van der Waals surface area (Å²) < 4.78 is 55.7. The summed E-state index contributed by atoms with van der Waals surface area (Å²) in [5.41, 5.74) is -0.357. The molecule has 0 aliphatic heterocycles. The molecule has 0 atom stereocenters. The van der Waals surface area contributed by atoms with Crippen LogP contribution < -0.4 is 4.90 Å². The van der Waals surface area contributed by atoms with Crippen LogP contribution >= 0.6 is 0 Å². The van der Waals surface area contributed by atoms with Gasteiger partial charge in [0.2, 0.25) is 11.9 Å². The molecular weight excluding hydrogens is 374 g/mol. The fourth-order valence-corrected chi connectivity index (χ4v) is 4.23. The third kappa shape index (κ3) is 2.79. The van der Waals surface area contributed by atoms with Gasteiger partial charge in [0.05, 0.1) is 16.4 Å². The van der Waals surface area contributed by atoms with Crippen LogP contribution in [-0.4, -0.2) is 28.7 Å². The zero-order valence-electron chi connectivity index (χ0n) is 16.2. The summed E-state index contributed by atoms with van der Waals surface area (Å²) in [6.45, 7) is 3.82. The Morgan fingerprint density at radius 3 is 2.39 bits per heavy atom. The summed E-state index contributed by atoms with van der Waals surface area (Å²) in [5, 5.41) is 0. The van der Waals surface area contributed by atoms with Gasteiger partial charge in [-0.15, -0.1) is 0 Å². The van der Waals surface area contributed by atoms with Gasteiger partial charge in [-0.1, -0.05) is 0 Å². The summed E-state index contributed by atoms with van der Waals surface area (Å²) in [6, 6.07) is 2.72. The standard InChI is InChI=1S/C20H23F4N3O/c1-12-9-13(21)10-14-16(12)27(18(2)5-4-6-18)17(25-14)26(3)15(28)11-19(7-8-19)20(22,23)24/h9-10H,4-8,11H2,1-3H3. The number of carbonyl (C=O) groups is 1. The van der Waals surface area contributed by atoms with E-state index in [0.29, 0.717) is 11.1 Å². The molecule has 1 heterocycles. The minimum Gasteiger partial charge on any atom is -0.304 e. The Morgan fingerprint density at radius 2 is 1.89 bits per heavy atom. The second-order valence-corrected chi connectivity index (χ2v) is 8.60. The van der Waals surface area contributed by atoms with Gasteiger partial charge in [0.15, 0.2) is 0 Å². The van der Waals surface area contributed by atoms with Crippen molar-refractivity contribution in [3.63, 3.8) is 0 Å². The number of imidazole rings is 1. The number of amides is 1. The number of rotatable bonds is 4. The van der Waals surface area contributed by atoms with Gasteiger partial charge in [-0.2, -0.15) is 13.2 Å². The Hall–Kier alpha value is -2.12. The van der Waals surface area contributed by atoms with Crippen LogP contribution in [0, 0.1) is 18.2 Å². The van der Waals surface area contributed by atoms with Gasteiger partial charge in [0.1, 0.15) is 5.82 Å². The van der Waals surface area contributed by atoms with E-state index in [4.69, 9.17) is 0 Å². The molecule has 0 bridgehead atoms. The van der Waals surface area contributed by atoms with Crippen molar-refractivity contribution in [3.05, 3.63) is 23.5 Å². The Balaban J connectivity index is 1.77. The quantitative estimate of drug-likeness (QED) is 0.675. The molecule has 1 aromatic heterocycles. The minimum atomic E-state index is -4.39. The lowest BCUT2D eigenvalue weighted by molar-refractivity contribution is -0.190. The number of fused-ring (bicyclic) bond motifs is 1. The fraction of sp³-hybridized carbons (Fsp3) is 0.600. The van der Waals surface area contributed by atoms with Crippen molar-refractivity contribution in [2.24, 2.45) is 5.41 Å². The highest BCUT2D eigenvalue weighted by atomic mass is 19.4. The molecule has 2 saturated carbocycles. The first kappa shape index (κ1) is 19.2. The first-order valence-corrected chi connectivity index (χ1v) is 9.50. The average Bonchev–Trinajstić information content (AvgIpc) is 3.24. The molecule has 4 rings (SSSR count). The number of hydrogen-bond donors (Lipinski definition) is 0. The van der Waals surface area contributed by atoms with Gasteiger partial charge in [0.25, 0.3) is 0 Å². The molecule has 0 unspecified atom stereocenters. The molecule has 4 nitrogen and oxygen atoms in total. The van der Waals surface area contributed by atoms with E-state index in [1.807, 2.05) is 11.5 Å². The lowest BCUT2D eigenvalue weighted by Gasteiger charge is -2.42. The highest BCUT2D eigenvalue weighted by molar-refractivity contribution is 5.94. The minimum absolute atomic E-state index is 0.0193. The topological polar surface area (TPSA) is 38.1 Å². The number of benzene rings is 1. The van der Waals surface area contributed by atoms with Crippen LogP contribution in [0.2, 0.25) is 0 Å². The Morgan fingerprint density at radius 1 is 1.25 bits per heavy atom. The normalized spacial score (nSPS) is 20.1. The summed E-state index contributed by atoms with van der Waals surface area (Å²) in [7, 11) is 1.46. The van der Waals surface area contributed by atoms with Crippen LogP contribution in [0.5, 0.6) is 0 Å². The van der Waals surface area contributed by atoms with E-state index in [0.717, 1.165) is 24.8 Å². The molecule has 1 aromatic carbocycles. The number of hydrogen-bond acceptors (Lipinski definition) is 2. The number of aryl methyl sites for hydroxylation is 1. The van der Waals surface area contributed by atoms with E-state index in [2.05, 4.69) is 4.98 Å². The Labute approximate surface area is 160 Å². The van der Waals surface area contributed by atoms with E-state index >= 15 is 0 Å². The molecule has 2 aromatic rings. The highest BCUT2D eigenvalue weighted by Gasteiger charge is 2.64. The number of alkyl halides is 3. The van der Waals surface area contributed by atoms with Crippen LogP contribution in [0.1, 0.15) is 51.0 Å². The first-order chi connectivity index (χ1) is 13.0. The van der Waals surface area contributed by atoms with Crippen LogP contribution in [0.4, 0.5) is 23.5 Å². The van der Waals surface area contributed by atoms with Crippen LogP contribution in [0.15, 0.2) is 12.1 Å². The van der Waals surface area contributed by atoms with Gasteiger partial charge < -0.3 is 4.57 Å². The molecule has 152 valence electrons. The lowest BCUT2D eigenvalue weighted by Crippen LogP contribution is -2.41. The number of carbonyl (C=O) groups excluding carboxylic acids is 1. The maximum atomic E-state index is 13.9. The number of anilines is 1. The molecule has 1 amide bonds. The van der Waals surface area contributed by atoms with Gasteiger partial charge in [0, 0.05) is 25.1 Å². The molecule has 2 aliphatic rings. The van der Waals surface area contributed by atoms with Crippen molar-refractivity contribution >= 4 is 22.9 Å². The Kier molecular flexibility index (Phi) is 4.07. The van der Waals surface area contributed by atoms with Crippen LogP contribution in [0.25, 0.3) is 11.0 Å². The number of aromatic nitrogens is 2. The zero-order chi connectivity index (χ0) is 20.5. The first-order valence-electron chi connectivity index (χ1n) is 9.50. The maximum Gasteiger partial charge on any atom is 0.395 e. The molecule has 0 radical (unpaired) electrons. The average molecular weight is 397 g/mol. The Bertz CT molecular complexity index is 954. The van der Waals surface area contributed by atoms with Crippen molar-refractivity contribution in [2.45, 2.75) is 64.1 Å². The summed E-state index contributed by atoms with van der Waals surface area (Å²) >= 11 is 0. The predicted octanol–water partition coefficient (Wildman–Crippen LogP) is 5.08. The second kappa shape index (κ2) is 5.94. The van der Waals surface area contributed by atoms with E-state index < -0.39 is 29.7 Å². The van der Waals surface area contributed by atoms with Crippen molar-refractivity contribution in [1.82, 2.24) is 9.55 Å². The van der Waals surface area contributed by atoms with Crippen molar-refractivity contribution in [1.29, 1.82) is 0 Å². The smallest absolute Gasteiger partial charge is 0.304 e. The molecule has 0 N–H and O–H groups in total. The van der Waals surface area contributed by atoms with Crippen molar-refractivity contribution in [2.75, 3.05) is 11.9 Å². The van der Waals surface area contributed by atoms with Gasteiger partial charge >= 0.3 is 6.18 Å². The number of nitrogens with zero attached hydrogens (tertiary/aromatic N) is 3. The molecular formula is C20H23F4N3O. The molecule has 8 heteroatoms. The molecule has 0 spiro atoms. The predicted molar refractivity (Wildman–Crippen MR) is 97.7 cm³/mol. The summed E-state index contributed by atoms with van der Waals surface area (Å²) in [4.78, 5) is 18.4. The third-order valence-corrected chi connectivity index (χ3v) is 6.48.